The van der Waals surface area contributed by atoms with Gasteiger partial charge in [0.2, 0.25) is 0 Å². The van der Waals surface area contributed by atoms with Gasteiger partial charge in [-0.3, -0.25) is 15.1 Å². The Morgan fingerprint density at radius 1 is 1.26 bits per heavy atom. The summed E-state index contributed by atoms with van der Waals surface area (Å²) in [5, 5.41) is 0. The van der Waals surface area contributed by atoms with Crippen LogP contribution in [0.3, 0.4) is 0 Å². The number of carbonyl (C=O) groups excluding carboxylic acids is 1. The summed E-state index contributed by atoms with van der Waals surface area (Å²) in [7, 11) is 1.58. The molecule has 0 bridgehead atoms. The number of hydrogen-bond acceptors (Lipinski definition) is 4. The summed E-state index contributed by atoms with van der Waals surface area (Å²) in [5.41, 5.74) is 6.48. The third-order valence-corrected chi connectivity index (χ3v) is 3.28. The number of morpholine rings is 1. The van der Waals surface area contributed by atoms with E-state index in [0.717, 1.165) is 22.4 Å². The van der Waals surface area contributed by atoms with Crippen LogP contribution in [0, 0.1) is 13.8 Å². The average molecular weight is 264 g/mol. The number of amides is 1. The highest BCUT2D eigenvalue weighted by molar-refractivity contribution is 5.95. The van der Waals surface area contributed by atoms with E-state index < -0.39 is 0 Å². The first-order chi connectivity index (χ1) is 9.13. The van der Waals surface area contributed by atoms with Crippen LogP contribution < -0.4 is 5.48 Å². The fourth-order valence-electron chi connectivity index (χ4n) is 2.30. The monoisotopic (exact) mass is 264 g/mol. The number of hydrogen-bond donors (Lipinski definition) is 1. The van der Waals surface area contributed by atoms with Gasteiger partial charge in [-0.1, -0.05) is 0 Å². The molecule has 5 nitrogen and oxygen atoms in total. The van der Waals surface area contributed by atoms with Gasteiger partial charge in [-0.25, -0.2) is 0 Å². The number of carbonyl (C=O) groups is 1. The predicted octanol–water partition coefficient (Wildman–Crippen LogP) is 1.75. The number of anilines is 1. The largest absolute Gasteiger partial charge is 0.378 e. The number of aryl methyl sites for hydroxylation is 2. The van der Waals surface area contributed by atoms with Gasteiger partial charge in [0, 0.05) is 18.7 Å². The highest BCUT2D eigenvalue weighted by Gasteiger charge is 2.19. The molecule has 0 spiro atoms. The minimum absolute atomic E-state index is 0.0680. The van der Waals surface area contributed by atoms with Gasteiger partial charge < -0.3 is 9.64 Å². The van der Waals surface area contributed by atoms with Gasteiger partial charge in [-0.05, 0) is 37.1 Å². The number of rotatable bonds is 3. The van der Waals surface area contributed by atoms with E-state index in [1.807, 2.05) is 30.9 Å². The van der Waals surface area contributed by atoms with Crippen molar-refractivity contribution in [3.05, 3.63) is 28.8 Å². The Balaban J connectivity index is 2.22. The average Bonchev–Trinajstić information content (AvgIpc) is 2.43. The van der Waals surface area contributed by atoms with Crippen LogP contribution in [-0.2, 0) is 9.57 Å². The van der Waals surface area contributed by atoms with Crippen LogP contribution in [-0.4, -0.2) is 44.2 Å². The van der Waals surface area contributed by atoms with Crippen molar-refractivity contribution in [2.45, 2.75) is 13.8 Å². The minimum atomic E-state index is 0.0680. The van der Waals surface area contributed by atoms with Crippen molar-refractivity contribution in [1.29, 1.82) is 0 Å². The lowest BCUT2D eigenvalue weighted by Crippen LogP contribution is -2.40. The summed E-state index contributed by atoms with van der Waals surface area (Å²) >= 11 is 0. The van der Waals surface area contributed by atoms with Crippen LogP contribution in [0.1, 0.15) is 21.5 Å². The highest BCUT2D eigenvalue weighted by atomic mass is 16.6. The maximum atomic E-state index is 12.4. The Morgan fingerprint density at radius 2 is 1.84 bits per heavy atom. The van der Waals surface area contributed by atoms with Crippen LogP contribution in [0.25, 0.3) is 0 Å². The SMILES string of the molecule is CONc1c(C)cc(C(=O)N2CCOCC2)cc1C. The summed E-state index contributed by atoms with van der Waals surface area (Å²) < 4.78 is 5.26. The molecule has 1 aliphatic heterocycles. The molecule has 0 radical (unpaired) electrons. The Labute approximate surface area is 113 Å². The zero-order chi connectivity index (χ0) is 13.8. The molecule has 104 valence electrons. The molecule has 1 amide bonds. The van der Waals surface area contributed by atoms with Crippen LogP contribution in [0.2, 0.25) is 0 Å². The summed E-state index contributed by atoms with van der Waals surface area (Å²) in [5.74, 6) is 0.0680. The number of nitrogens with one attached hydrogen (secondary N) is 1. The first-order valence-electron chi connectivity index (χ1n) is 6.40. The lowest BCUT2D eigenvalue weighted by atomic mass is 10.0. The molecule has 1 N–H and O–H groups in total. The third-order valence-electron chi connectivity index (χ3n) is 3.28. The first kappa shape index (κ1) is 13.8. The van der Waals surface area contributed by atoms with Crippen molar-refractivity contribution in [2.24, 2.45) is 0 Å². The summed E-state index contributed by atoms with van der Waals surface area (Å²) in [6.45, 7) is 6.49. The van der Waals surface area contributed by atoms with E-state index in [9.17, 15) is 4.79 Å². The van der Waals surface area contributed by atoms with Crippen LogP contribution in [0.4, 0.5) is 5.69 Å². The number of nitrogens with zero attached hydrogens (tertiary/aromatic N) is 1. The maximum absolute atomic E-state index is 12.4. The summed E-state index contributed by atoms with van der Waals surface area (Å²) in [4.78, 5) is 19.2. The molecule has 1 aromatic rings. The standard InChI is InChI=1S/C14H20N2O3/c1-10-8-12(9-11(2)13(10)15-18-3)14(17)16-4-6-19-7-5-16/h8-9,15H,4-7H2,1-3H3. The van der Waals surface area contributed by atoms with Gasteiger partial charge in [0.25, 0.3) is 5.91 Å². The van der Waals surface area contributed by atoms with Crippen molar-refractivity contribution >= 4 is 11.6 Å². The molecular formula is C14H20N2O3. The molecule has 1 fully saturated rings. The molecule has 1 aromatic carbocycles. The number of benzene rings is 1. The normalized spacial score (nSPS) is 15.4. The molecule has 0 aromatic heterocycles. The smallest absolute Gasteiger partial charge is 0.254 e. The maximum Gasteiger partial charge on any atom is 0.254 e. The van der Waals surface area contributed by atoms with Crippen molar-refractivity contribution in [2.75, 3.05) is 38.9 Å². The lowest BCUT2D eigenvalue weighted by Gasteiger charge is -2.27. The fourth-order valence-corrected chi connectivity index (χ4v) is 2.30. The van der Waals surface area contributed by atoms with Gasteiger partial charge in [0.1, 0.15) is 0 Å². The second-order valence-electron chi connectivity index (χ2n) is 4.70. The van der Waals surface area contributed by atoms with Gasteiger partial charge in [0.15, 0.2) is 0 Å². The summed E-state index contributed by atoms with van der Waals surface area (Å²) in [6.07, 6.45) is 0. The van der Waals surface area contributed by atoms with Gasteiger partial charge in [-0.15, -0.1) is 0 Å². The summed E-state index contributed by atoms with van der Waals surface area (Å²) in [6, 6.07) is 3.79. The van der Waals surface area contributed by atoms with E-state index in [-0.39, 0.29) is 5.91 Å². The molecule has 0 aliphatic carbocycles. The molecule has 19 heavy (non-hydrogen) atoms. The first-order valence-corrected chi connectivity index (χ1v) is 6.40. The van der Waals surface area contributed by atoms with Crippen LogP contribution >= 0.6 is 0 Å². The molecule has 0 saturated carbocycles. The Kier molecular flexibility index (Phi) is 4.39. The predicted molar refractivity (Wildman–Crippen MR) is 73.3 cm³/mol. The number of ether oxygens (including phenoxy) is 1. The van der Waals surface area contributed by atoms with Gasteiger partial charge in [-0.2, -0.15) is 0 Å². The van der Waals surface area contributed by atoms with E-state index in [1.165, 1.54) is 0 Å². The molecule has 2 rings (SSSR count). The van der Waals surface area contributed by atoms with Crippen molar-refractivity contribution in [1.82, 2.24) is 4.90 Å². The fraction of sp³-hybridized carbons (Fsp3) is 0.500. The van der Waals surface area contributed by atoms with Crippen molar-refractivity contribution < 1.29 is 14.4 Å². The highest BCUT2D eigenvalue weighted by Crippen LogP contribution is 2.23. The van der Waals surface area contributed by atoms with Crippen molar-refractivity contribution in [3.8, 4) is 0 Å². The zero-order valence-electron chi connectivity index (χ0n) is 11.7. The second kappa shape index (κ2) is 6.04. The molecule has 1 saturated heterocycles. The quantitative estimate of drug-likeness (QED) is 0.845. The molecule has 1 heterocycles. The van der Waals surface area contributed by atoms with Crippen molar-refractivity contribution in [3.63, 3.8) is 0 Å². The van der Waals surface area contributed by atoms with Crippen LogP contribution in [0.15, 0.2) is 12.1 Å². The van der Waals surface area contributed by atoms with E-state index >= 15 is 0 Å². The van der Waals surface area contributed by atoms with E-state index in [0.29, 0.717) is 26.3 Å². The molecule has 5 heteroatoms. The molecule has 0 unspecified atom stereocenters. The Bertz CT molecular complexity index is 445. The molecular weight excluding hydrogens is 244 g/mol. The van der Waals surface area contributed by atoms with Gasteiger partial charge >= 0.3 is 0 Å². The molecule has 0 atom stereocenters. The third kappa shape index (κ3) is 3.05. The minimum Gasteiger partial charge on any atom is -0.378 e. The van der Waals surface area contributed by atoms with E-state index in [1.54, 1.807) is 7.11 Å². The zero-order valence-corrected chi connectivity index (χ0v) is 11.7. The lowest BCUT2D eigenvalue weighted by molar-refractivity contribution is 0.0303. The second-order valence-corrected chi connectivity index (χ2v) is 4.70. The van der Waals surface area contributed by atoms with Crippen LogP contribution in [0.5, 0.6) is 0 Å². The Hall–Kier alpha value is -1.59. The molecule has 1 aliphatic rings. The van der Waals surface area contributed by atoms with E-state index in [2.05, 4.69) is 5.48 Å². The Morgan fingerprint density at radius 3 is 2.37 bits per heavy atom. The van der Waals surface area contributed by atoms with E-state index in [4.69, 9.17) is 9.57 Å². The topological polar surface area (TPSA) is 50.8 Å². The van der Waals surface area contributed by atoms with Gasteiger partial charge in [0.05, 0.1) is 26.0 Å².